The van der Waals surface area contributed by atoms with Crippen LogP contribution in [-0.4, -0.2) is 35.2 Å². The molecule has 2 atom stereocenters. The maximum absolute atomic E-state index is 11.8. The van der Waals surface area contributed by atoms with Crippen molar-refractivity contribution in [2.75, 3.05) is 6.61 Å². The first-order valence-corrected chi connectivity index (χ1v) is 7.36. The number of hydrogen-bond donors (Lipinski definition) is 0. The minimum atomic E-state index is -0.562. The van der Waals surface area contributed by atoms with Crippen LogP contribution >= 0.6 is 0 Å². The summed E-state index contributed by atoms with van der Waals surface area (Å²) in [5.74, 6) is -0.412. The number of rotatable bonds is 3. The van der Waals surface area contributed by atoms with Crippen LogP contribution in [0.2, 0.25) is 0 Å². The summed E-state index contributed by atoms with van der Waals surface area (Å²) in [5.41, 5.74) is 1.22. The second-order valence-corrected chi connectivity index (χ2v) is 6.08. The van der Waals surface area contributed by atoms with Crippen molar-refractivity contribution in [3.05, 3.63) is 48.2 Å². The fourth-order valence-corrected chi connectivity index (χ4v) is 2.90. The van der Waals surface area contributed by atoms with Crippen molar-refractivity contribution < 1.29 is 14.3 Å². The standard InChI is InChI=1S/C17H21NO3/c1-17(2)20-12-16(21-17)15-10-14(19)8-9-18(15)11-13-6-4-3-5-7-13/h3-9,15-16H,10-12H2,1-2H3/t15-,16-/m1/s1. The lowest BCUT2D eigenvalue weighted by Crippen LogP contribution is -2.45. The number of carbonyl (C=O) groups excluding carboxylic acids is 1. The van der Waals surface area contributed by atoms with E-state index in [9.17, 15) is 4.79 Å². The van der Waals surface area contributed by atoms with Crippen LogP contribution in [0.5, 0.6) is 0 Å². The Kier molecular flexibility index (Phi) is 3.83. The molecule has 1 fully saturated rings. The summed E-state index contributed by atoms with van der Waals surface area (Å²) >= 11 is 0. The molecule has 4 heteroatoms. The molecule has 2 heterocycles. The zero-order chi connectivity index (χ0) is 14.9. The molecule has 0 spiro atoms. The van der Waals surface area contributed by atoms with Gasteiger partial charge in [-0.1, -0.05) is 30.3 Å². The minimum Gasteiger partial charge on any atom is -0.367 e. The van der Waals surface area contributed by atoms with Gasteiger partial charge in [0.15, 0.2) is 11.6 Å². The molecule has 4 nitrogen and oxygen atoms in total. The number of ketones is 1. The second-order valence-electron chi connectivity index (χ2n) is 6.08. The third kappa shape index (κ3) is 3.34. The van der Waals surface area contributed by atoms with Crippen LogP contribution in [0.25, 0.3) is 0 Å². The molecule has 0 radical (unpaired) electrons. The Morgan fingerprint density at radius 2 is 2.05 bits per heavy atom. The van der Waals surface area contributed by atoms with E-state index >= 15 is 0 Å². The van der Waals surface area contributed by atoms with Gasteiger partial charge in [-0.15, -0.1) is 0 Å². The molecule has 1 aromatic rings. The van der Waals surface area contributed by atoms with E-state index < -0.39 is 5.79 Å². The van der Waals surface area contributed by atoms with Crippen molar-refractivity contribution in [2.45, 2.75) is 44.7 Å². The zero-order valence-electron chi connectivity index (χ0n) is 12.5. The van der Waals surface area contributed by atoms with Crippen LogP contribution in [-0.2, 0) is 20.8 Å². The molecule has 0 unspecified atom stereocenters. The average Bonchev–Trinajstić information content (AvgIpc) is 2.82. The summed E-state index contributed by atoms with van der Waals surface area (Å²) in [5, 5.41) is 0. The molecule has 0 amide bonds. The molecule has 1 aromatic carbocycles. The lowest BCUT2D eigenvalue weighted by Gasteiger charge is -2.36. The SMILES string of the molecule is CC1(C)OC[C@H]([C@H]2CC(=O)C=CN2Cc2ccccc2)O1. The van der Waals surface area contributed by atoms with E-state index in [0.29, 0.717) is 13.0 Å². The van der Waals surface area contributed by atoms with Gasteiger partial charge in [0.05, 0.1) is 12.6 Å². The van der Waals surface area contributed by atoms with Crippen molar-refractivity contribution in [2.24, 2.45) is 0 Å². The molecule has 2 aliphatic heterocycles. The van der Waals surface area contributed by atoms with Gasteiger partial charge in [0.25, 0.3) is 0 Å². The predicted octanol–water partition coefficient (Wildman–Crippen LogP) is 2.50. The van der Waals surface area contributed by atoms with Crippen LogP contribution in [0, 0.1) is 0 Å². The van der Waals surface area contributed by atoms with Crippen molar-refractivity contribution in [1.29, 1.82) is 0 Å². The number of hydrogen-bond acceptors (Lipinski definition) is 4. The van der Waals surface area contributed by atoms with Crippen molar-refractivity contribution in [1.82, 2.24) is 4.90 Å². The average molecular weight is 287 g/mol. The Morgan fingerprint density at radius 3 is 2.71 bits per heavy atom. The topological polar surface area (TPSA) is 38.8 Å². The number of nitrogens with zero attached hydrogens (tertiary/aromatic N) is 1. The summed E-state index contributed by atoms with van der Waals surface area (Å²) in [6.07, 6.45) is 3.95. The van der Waals surface area contributed by atoms with E-state index in [0.717, 1.165) is 6.54 Å². The Bertz CT molecular complexity index is 538. The Hall–Kier alpha value is -1.65. The third-order valence-corrected chi connectivity index (χ3v) is 3.96. The summed E-state index contributed by atoms with van der Waals surface area (Å²) in [4.78, 5) is 14.0. The molecule has 21 heavy (non-hydrogen) atoms. The van der Waals surface area contributed by atoms with Gasteiger partial charge >= 0.3 is 0 Å². The van der Waals surface area contributed by atoms with Crippen LogP contribution in [0.3, 0.4) is 0 Å². The fourth-order valence-electron chi connectivity index (χ4n) is 2.90. The highest BCUT2D eigenvalue weighted by atomic mass is 16.7. The van der Waals surface area contributed by atoms with Crippen LogP contribution in [0.4, 0.5) is 0 Å². The zero-order valence-corrected chi connectivity index (χ0v) is 12.5. The van der Waals surface area contributed by atoms with E-state index in [1.807, 2.05) is 38.2 Å². The van der Waals surface area contributed by atoms with Gasteiger partial charge in [-0.2, -0.15) is 0 Å². The Labute approximate surface area is 125 Å². The molecule has 2 aliphatic rings. The summed E-state index contributed by atoms with van der Waals surface area (Å²) in [6.45, 7) is 5.13. The summed E-state index contributed by atoms with van der Waals surface area (Å²) < 4.78 is 11.6. The van der Waals surface area contributed by atoms with E-state index in [-0.39, 0.29) is 17.9 Å². The number of carbonyl (C=O) groups is 1. The Balaban J connectivity index is 1.76. The molecule has 1 saturated heterocycles. The molecule has 0 bridgehead atoms. The van der Waals surface area contributed by atoms with E-state index in [4.69, 9.17) is 9.47 Å². The van der Waals surface area contributed by atoms with Gasteiger partial charge in [0.1, 0.15) is 6.10 Å². The smallest absolute Gasteiger partial charge is 0.163 e. The minimum absolute atomic E-state index is 0.0319. The van der Waals surface area contributed by atoms with Crippen molar-refractivity contribution in [3.63, 3.8) is 0 Å². The summed E-state index contributed by atoms with van der Waals surface area (Å²) in [7, 11) is 0. The fraction of sp³-hybridized carbons (Fsp3) is 0.471. The molecular formula is C17H21NO3. The normalized spacial score (nSPS) is 28.1. The van der Waals surface area contributed by atoms with Gasteiger partial charge in [-0.05, 0) is 25.5 Å². The van der Waals surface area contributed by atoms with Crippen LogP contribution in [0.15, 0.2) is 42.6 Å². The van der Waals surface area contributed by atoms with E-state index in [1.54, 1.807) is 6.08 Å². The van der Waals surface area contributed by atoms with E-state index in [1.165, 1.54) is 5.56 Å². The molecule has 0 N–H and O–H groups in total. The maximum atomic E-state index is 11.8. The molecule has 0 saturated carbocycles. The van der Waals surface area contributed by atoms with Gasteiger partial charge in [-0.3, -0.25) is 4.79 Å². The highest BCUT2D eigenvalue weighted by Gasteiger charge is 2.40. The monoisotopic (exact) mass is 287 g/mol. The third-order valence-electron chi connectivity index (χ3n) is 3.96. The highest BCUT2D eigenvalue weighted by Crippen LogP contribution is 2.30. The highest BCUT2D eigenvalue weighted by molar-refractivity contribution is 5.90. The lowest BCUT2D eigenvalue weighted by molar-refractivity contribution is -0.147. The number of ether oxygens (including phenoxy) is 2. The molecule has 3 rings (SSSR count). The van der Waals surface area contributed by atoms with E-state index in [2.05, 4.69) is 17.0 Å². The molecule has 112 valence electrons. The van der Waals surface area contributed by atoms with Crippen LogP contribution < -0.4 is 0 Å². The quantitative estimate of drug-likeness (QED) is 0.856. The van der Waals surface area contributed by atoms with Crippen molar-refractivity contribution in [3.8, 4) is 0 Å². The predicted molar refractivity (Wildman–Crippen MR) is 79.4 cm³/mol. The molecule has 0 aromatic heterocycles. The lowest BCUT2D eigenvalue weighted by atomic mass is 9.99. The van der Waals surface area contributed by atoms with Gasteiger partial charge in [0.2, 0.25) is 0 Å². The first-order valence-electron chi connectivity index (χ1n) is 7.36. The second kappa shape index (κ2) is 5.62. The first kappa shape index (κ1) is 14.3. The summed E-state index contributed by atoms with van der Waals surface area (Å²) in [6, 6.07) is 10.3. The van der Waals surface area contributed by atoms with Gasteiger partial charge in [-0.25, -0.2) is 0 Å². The van der Waals surface area contributed by atoms with Crippen LogP contribution in [0.1, 0.15) is 25.8 Å². The molecular weight excluding hydrogens is 266 g/mol. The first-order chi connectivity index (χ1) is 10.0. The molecule has 0 aliphatic carbocycles. The Morgan fingerprint density at radius 1 is 1.29 bits per heavy atom. The van der Waals surface area contributed by atoms with Gasteiger partial charge in [0, 0.05) is 19.2 Å². The van der Waals surface area contributed by atoms with Gasteiger partial charge < -0.3 is 14.4 Å². The largest absolute Gasteiger partial charge is 0.367 e. The maximum Gasteiger partial charge on any atom is 0.163 e. The number of benzene rings is 1. The number of allylic oxidation sites excluding steroid dienone is 1. The van der Waals surface area contributed by atoms with Crippen molar-refractivity contribution >= 4 is 5.78 Å².